The second-order valence-corrected chi connectivity index (χ2v) is 4.86. The maximum absolute atomic E-state index is 11.1. The highest BCUT2D eigenvalue weighted by Crippen LogP contribution is 2.36. The van der Waals surface area contributed by atoms with E-state index in [2.05, 4.69) is 10.3 Å². The summed E-state index contributed by atoms with van der Waals surface area (Å²) in [5.74, 6) is 0.200. The monoisotopic (exact) mass is 298 g/mol. The lowest BCUT2D eigenvalue weighted by Gasteiger charge is -2.03. The molecule has 0 aliphatic rings. The van der Waals surface area contributed by atoms with Gasteiger partial charge in [-0.25, -0.2) is 4.68 Å². The van der Waals surface area contributed by atoms with Crippen molar-refractivity contribution in [1.29, 1.82) is 0 Å². The van der Waals surface area contributed by atoms with Gasteiger partial charge in [-0.3, -0.25) is 0 Å². The average Bonchev–Trinajstić information content (AvgIpc) is 2.86. The van der Waals surface area contributed by atoms with Crippen molar-refractivity contribution in [3.05, 3.63) is 64.5 Å². The number of rotatable bonds is 3. The summed E-state index contributed by atoms with van der Waals surface area (Å²) in [5, 5.41) is 8.04. The van der Waals surface area contributed by atoms with Crippen molar-refractivity contribution < 1.29 is 0 Å². The minimum atomic E-state index is 0.135. The van der Waals surface area contributed by atoms with E-state index in [0.717, 1.165) is 5.56 Å². The summed E-state index contributed by atoms with van der Waals surface area (Å²) >= 11 is 5.87. The molecule has 0 aliphatic carbocycles. The molecule has 0 spiro atoms. The van der Waals surface area contributed by atoms with Gasteiger partial charge in [-0.1, -0.05) is 41.9 Å². The van der Waals surface area contributed by atoms with Crippen LogP contribution >= 0.6 is 11.6 Å². The summed E-state index contributed by atoms with van der Waals surface area (Å²) in [5.41, 5.74) is 8.08. The predicted octanol–water partition coefficient (Wildman–Crippen LogP) is 4.17. The van der Waals surface area contributed by atoms with Gasteiger partial charge < -0.3 is 5.73 Å². The summed E-state index contributed by atoms with van der Waals surface area (Å²) in [4.78, 5) is 11.1. The highest BCUT2D eigenvalue weighted by molar-refractivity contribution is 6.30. The Balaban J connectivity index is 2.18. The molecule has 0 atom stereocenters. The number of hydrogen-bond acceptors (Lipinski definition) is 4. The van der Waals surface area contributed by atoms with E-state index in [4.69, 9.17) is 17.3 Å². The first-order valence-electron chi connectivity index (χ1n) is 6.24. The number of nitrogens with zero attached hydrogens (tertiary/aromatic N) is 3. The maximum atomic E-state index is 11.1. The van der Waals surface area contributed by atoms with Crippen molar-refractivity contribution in [2.24, 2.45) is 5.18 Å². The third kappa shape index (κ3) is 2.39. The molecule has 3 rings (SSSR count). The number of halogens is 1. The molecule has 0 saturated heterocycles. The third-order valence-electron chi connectivity index (χ3n) is 3.10. The van der Waals surface area contributed by atoms with Crippen LogP contribution < -0.4 is 5.73 Å². The Hall–Kier alpha value is -2.66. The van der Waals surface area contributed by atoms with Gasteiger partial charge in [0, 0.05) is 10.6 Å². The number of hydrogen-bond donors (Lipinski definition) is 1. The molecule has 5 nitrogen and oxygen atoms in total. The Morgan fingerprint density at radius 2 is 1.71 bits per heavy atom. The molecule has 2 N–H and O–H groups in total. The van der Waals surface area contributed by atoms with Gasteiger partial charge in [0.05, 0.1) is 5.69 Å². The zero-order valence-electron chi connectivity index (χ0n) is 10.9. The molecule has 21 heavy (non-hydrogen) atoms. The molecular formula is C15H11ClN4O. The van der Waals surface area contributed by atoms with Gasteiger partial charge in [0.25, 0.3) is 0 Å². The molecule has 0 saturated carbocycles. The molecule has 3 aromatic rings. The largest absolute Gasteiger partial charge is 0.382 e. The highest BCUT2D eigenvalue weighted by Gasteiger charge is 2.18. The van der Waals surface area contributed by atoms with Crippen molar-refractivity contribution in [2.45, 2.75) is 0 Å². The van der Waals surface area contributed by atoms with Crippen molar-refractivity contribution in [1.82, 2.24) is 9.78 Å². The minimum Gasteiger partial charge on any atom is -0.382 e. The zero-order chi connectivity index (χ0) is 14.8. The van der Waals surface area contributed by atoms with Crippen molar-refractivity contribution >= 4 is 23.1 Å². The van der Waals surface area contributed by atoms with Gasteiger partial charge in [-0.05, 0) is 29.4 Å². The lowest BCUT2D eigenvalue weighted by Crippen LogP contribution is -2.01. The van der Waals surface area contributed by atoms with Gasteiger partial charge in [0.15, 0.2) is 11.5 Å². The molecule has 1 heterocycles. The van der Waals surface area contributed by atoms with Crippen molar-refractivity contribution in [3.63, 3.8) is 0 Å². The van der Waals surface area contributed by atoms with Gasteiger partial charge in [-0.2, -0.15) is 5.10 Å². The molecule has 2 aromatic carbocycles. The fourth-order valence-corrected chi connectivity index (χ4v) is 2.21. The quantitative estimate of drug-likeness (QED) is 0.737. The van der Waals surface area contributed by atoms with Crippen LogP contribution in [-0.2, 0) is 0 Å². The van der Waals surface area contributed by atoms with Crippen molar-refractivity contribution in [2.75, 3.05) is 5.73 Å². The number of nitrogens with two attached hydrogens (primary N) is 1. The van der Waals surface area contributed by atoms with Crippen LogP contribution in [0.25, 0.3) is 16.9 Å². The Morgan fingerprint density at radius 3 is 2.33 bits per heavy atom. The lowest BCUT2D eigenvalue weighted by molar-refractivity contribution is 0.895. The van der Waals surface area contributed by atoms with Gasteiger partial charge in [0.2, 0.25) is 0 Å². The van der Waals surface area contributed by atoms with Crippen LogP contribution in [0, 0.1) is 4.91 Å². The molecule has 0 fully saturated rings. The maximum Gasteiger partial charge on any atom is 0.178 e. The summed E-state index contributed by atoms with van der Waals surface area (Å²) in [6.07, 6.45) is 0. The first-order valence-corrected chi connectivity index (χ1v) is 6.61. The SMILES string of the molecule is Nc1c(N=O)c(-c2ccccc2)nn1-c1ccc(Cl)cc1. The van der Waals surface area contributed by atoms with Gasteiger partial charge in [-0.15, -0.1) is 4.91 Å². The topological polar surface area (TPSA) is 73.3 Å². The molecular weight excluding hydrogens is 288 g/mol. The number of nitrogen functional groups attached to an aromatic ring is 1. The molecule has 0 bridgehead atoms. The van der Waals surface area contributed by atoms with E-state index in [9.17, 15) is 4.91 Å². The molecule has 0 unspecified atom stereocenters. The van der Waals surface area contributed by atoms with E-state index < -0.39 is 0 Å². The molecule has 0 radical (unpaired) electrons. The predicted molar refractivity (Wildman–Crippen MR) is 83.9 cm³/mol. The molecule has 1 aromatic heterocycles. The smallest absolute Gasteiger partial charge is 0.178 e. The molecule has 0 aliphatic heterocycles. The van der Waals surface area contributed by atoms with E-state index in [1.807, 2.05) is 30.3 Å². The standard InChI is InChI=1S/C15H11ClN4O/c16-11-6-8-12(9-7-11)20-15(17)14(19-21)13(18-20)10-4-2-1-3-5-10/h1-9H,17H2. The summed E-state index contributed by atoms with van der Waals surface area (Å²) in [7, 11) is 0. The van der Waals surface area contributed by atoms with E-state index in [-0.39, 0.29) is 11.5 Å². The first kappa shape index (κ1) is 13.3. The summed E-state index contributed by atoms with van der Waals surface area (Å²) in [6.45, 7) is 0. The molecule has 6 heteroatoms. The Labute approximate surface area is 125 Å². The minimum absolute atomic E-state index is 0.135. The first-order chi connectivity index (χ1) is 10.2. The van der Waals surface area contributed by atoms with E-state index in [0.29, 0.717) is 16.4 Å². The Bertz CT molecular complexity index is 781. The fourth-order valence-electron chi connectivity index (χ4n) is 2.08. The Kier molecular flexibility index (Phi) is 3.41. The number of nitroso groups, excluding NO2 is 1. The van der Waals surface area contributed by atoms with Gasteiger partial charge >= 0.3 is 0 Å². The molecule has 104 valence electrons. The zero-order valence-corrected chi connectivity index (χ0v) is 11.7. The average molecular weight is 299 g/mol. The molecule has 0 amide bonds. The highest BCUT2D eigenvalue weighted by atomic mass is 35.5. The van der Waals surface area contributed by atoms with Crippen LogP contribution in [0.1, 0.15) is 0 Å². The van der Waals surface area contributed by atoms with Crippen LogP contribution in [0.5, 0.6) is 0 Å². The summed E-state index contributed by atoms with van der Waals surface area (Å²) < 4.78 is 1.48. The third-order valence-corrected chi connectivity index (χ3v) is 3.36. The summed E-state index contributed by atoms with van der Waals surface area (Å²) in [6, 6.07) is 16.3. The van der Waals surface area contributed by atoms with Crippen LogP contribution in [0.2, 0.25) is 5.02 Å². The van der Waals surface area contributed by atoms with Crippen molar-refractivity contribution in [3.8, 4) is 16.9 Å². The lowest BCUT2D eigenvalue weighted by atomic mass is 10.1. The van der Waals surface area contributed by atoms with Crippen LogP contribution in [0.15, 0.2) is 59.8 Å². The van der Waals surface area contributed by atoms with Crippen LogP contribution in [0.4, 0.5) is 11.5 Å². The number of benzene rings is 2. The number of anilines is 1. The number of aromatic nitrogens is 2. The second-order valence-electron chi connectivity index (χ2n) is 4.43. The van der Waals surface area contributed by atoms with Gasteiger partial charge in [0.1, 0.15) is 5.69 Å². The second kappa shape index (κ2) is 5.38. The van der Waals surface area contributed by atoms with E-state index in [1.165, 1.54) is 4.68 Å². The normalized spacial score (nSPS) is 10.5. The van der Waals surface area contributed by atoms with Crippen LogP contribution in [0.3, 0.4) is 0 Å². The van der Waals surface area contributed by atoms with Crippen LogP contribution in [-0.4, -0.2) is 9.78 Å². The fraction of sp³-hybridized carbons (Fsp3) is 0. The van der Waals surface area contributed by atoms with E-state index in [1.54, 1.807) is 24.3 Å². The Morgan fingerprint density at radius 1 is 1.05 bits per heavy atom. The van der Waals surface area contributed by atoms with E-state index >= 15 is 0 Å².